The molecule has 0 amide bonds. The molecule has 6 bridgehead atoms. The number of aryl methyl sites for hydroxylation is 2. The predicted molar refractivity (Wildman–Crippen MR) is 186 cm³/mol. The van der Waals surface area contributed by atoms with Gasteiger partial charge in [-0.2, -0.15) is 5.10 Å². The zero-order valence-electron chi connectivity index (χ0n) is 26.4. The number of carboxylic acids is 1. The minimum absolute atomic E-state index is 0.0153. The van der Waals surface area contributed by atoms with Crippen LogP contribution in [-0.4, -0.2) is 52.7 Å². The fourth-order valence-corrected chi connectivity index (χ4v) is 8.41. The first-order valence-corrected chi connectivity index (χ1v) is 17.2. The number of fused-ring (bicyclic) bond motifs is 10. The number of ether oxygens (including phenoxy) is 1. The predicted octanol–water partition coefficient (Wildman–Crippen LogP) is 8.22. The van der Waals surface area contributed by atoms with Gasteiger partial charge in [0.25, 0.3) is 0 Å². The SMILES string of the molecule is C/C=N/N1CCCC/C1=C\c1c(Cl)ccc2c1[N+]1(C)Cc3nnc(s3)CCc3cc(c4ccc(F)cc4c3)OCCCC2=C1C(=O)O. The molecule has 242 valence electrons. The Labute approximate surface area is 282 Å². The van der Waals surface area contributed by atoms with E-state index in [1.807, 2.05) is 43.2 Å². The van der Waals surface area contributed by atoms with Crippen molar-refractivity contribution in [1.29, 1.82) is 0 Å². The van der Waals surface area contributed by atoms with Crippen molar-refractivity contribution < 1.29 is 19.0 Å². The first-order chi connectivity index (χ1) is 22.7. The van der Waals surface area contributed by atoms with Crippen molar-refractivity contribution in [1.82, 2.24) is 19.7 Å². The summed E-state index contributed by atoms with van der Waals surface area (Å²) in [6.07, 6.45) is 9.24. The normalized spacial score (nSPS) is 21.0. The third-order valence-corrected chi connectivity index (χ3v) is 10.6. The molecule has 47 heavy (non-hydrogen) atoms. The van der Waals surface area contributed by atoms with Crippen LogP contribution in [-0.2, 0) is 24.2 Å². The molecule has 0 saturated carbocycles. The third kappa shape index (κ3) is 5.94. The summed E-state index contributed by atoms with van der Waals surface area (Å²) in [5, 5.41) is 30.3. The van der Waals surface area contributed by atoms with Crippen molar-refractivity contribution in [3.8, 4) is 5.75 Å². The second kappa shape index (κ2) is 12.8. The lowest BCUT2D eigenvalue weighted by Crippen LogP contribution is -2.45. The molecule has 4 aromatic rings. The lowest BCUT2D eigenvalue weighted by atomic mass is 9.97. The molecule has 4 heterocycles. The van der Waals surface area contributed by atoms with E-state index in [0.29, 0.717) is 55.3 Å². The van der Waals surface area contributed by atoms with E-state index >= 15 is 0 Å². The molecule has 11 heteroatoms. The highest BCUT2D eigenvalue weighted by atomic mass is 35.5. The molecule has 8 nitrogen and oxygen atoms in total. The van der Waals surface area contributed by atoms with Gasteiger partial charge in [0.15, 0.2) is 10.7 Å². The summed E-state index contributed by atoms with van der Waals surface area (Å²) in [5.74, 6) is -0.583. The fraction of sp³-hybridized carbons (Fsp3) is 0.333. The van der Waals surface area contributed by atoms with E-state index in [9.17, 15) is 14.3 Å². The molecule has 0 aliphatic carbocycles. The zero-order chi connectivity index (χ0) is 32.7. The third-order valence-electron chi connectivity index (χ3n) is 9.27. The van der Waals surface area contributed by atoms with Crippen LogP contribution in [0.15, 0.2) is 59.0 Å². The van der Waals surface area contributed by atoms with Crippen LogP contribution in [0, 0.1) is 5.82 Å². The van der Waals surface area contributed by atoms with Gasteiger partial charge in [0.1, 0.15) is 23.1 Å². The zero-order valence-corrected chi connectivity index (χ0v) is 28.0. The van der Waals surface area contributed by atoms with E-state index in [1.54, 1.807) is 12.3 Å². The highest BCUT2D eigenvalue weighted by Crippen LogP contribution is 2.51. The average molecular weight is 673 g/mol. The number of aromatic nitrogens is 2. The summed E-state index contributed by atoms with van der Waals surface area (Å²) in [7, 11) is 1.95. The molecule has 1 aromatic heterocycles. The second-order valence-electron chi connectivity index (χ2n) is 12.4. The van der Waals surface area contributed by atoms with Crippen LogP contribution in [0.2, 0.25) is 5.02 Å². The molecule has 0 radical (unpaired) electrons. The summed E-state index contributed by atoms with van der Waals surface area (Å²) in [6, 6.07) is 12.6. The number of likely N-dealkylation sites (N-methyl/N-ethyl adjacent to an activating group) is 1. The van der Waals surface area contributed by atoms with Gasteiger partial charge in [-0.15, -0.1) is 10.2 Å². The maximum Gasteiger partial charge on any atom is 0.391 e. The molecule has 1 fully saturated rings. The van der Waals surface area contributed by atoms with E-state index < -0.39 is 5.97 Å². The van der Waals surface area contributed by atoms with Crippen LogP contribution >= 0.6 is 22.9 Å². The maximum absolute atomic E-state index is 14.2. The molecule has 3 aliphatic heterocycles. The smallest absolute Gasteiger partial charge is 0.391 e. The number of rotatable bonds is 3. The topological polar surface area (TPSA) is 87.9 Å². The number of quaternary nitrogens is 1. The Morgan fingerprint density at radius 1 is 1.09 bits per heavy atom. The van der Waals surface area contributed by atoms with Gasteiger partial charge in [-0.1, -0.05) is 29.0 Å². The molecule has 1 saturated heterocycles. The van der Waals surface area contributed by atoms with E-state index in [4.69, 9.17) is 16.3 Å². The van der Waals surface area contributed by atoms with Crippen LogP contribution in [0.5, 0.6) is 5.75 Å². The number of nitrogens with zero attached hydrogens (tertiary/aromatic N) is 5. The number of aliphatic carboxylic acids is 1. The van der Waals surface area contributed by atoms with E-state index in [0.717, 1.165) is 80.2 Å². The number of carboxylic acid groups (broad SMARTS) is 1. The number of hydrogen-bond acceptors (Lipinski definition) is 7. The van der Waals surface area contributed by atoms with Crippen molar-refractivity contribution in [3.05, 3.63) is 91.4 Å². The molecular formula is C36H36ClFN5O3S+. The van der Waals surface area contributed by atoms with Gasteiger partial charge in [-0.3, -0.25) is 5.01 Å². The fourth-order valence-electron chi connectivity index (χ4n) is 7.24. The van der Waals surface area contributed by atoms with Gasteiger partial charge in [0, 0.05) is 41.4 Å². The van der Waals surface area contributed by atoms with Crippen LogP contribution < -0.4 is 9.22 Å². The summed E-state index contributed by atoms with van der Waals surface area (Å²) < 4.78 is 20.6. The van der Waals surface area contributed by atoms with Crippen molar-refractivity contribution in [2.45, 2.75) is 58.4 Å². The lowest BCUT2D eigenvalue weighted by molar-refractivity contribution is -0.134. The van der Waals surface area contributed by atoms with Crippen molar-refractivity contribution >= 4 is 63.2 Å². The maximum atomic E-state index is 14.2. The Balaban J connectivity index is 1.36. The van der Waals surface area contributed by atoms with Crippen molar-refractivity contribution in [2.24, 2.45) is 5.10 Å². The van der Waals surface area contributed by atoms with Gasteiger partial charge in [-0.25, -0.2) is 13.7 Å². The van der Waals surface area contributed by atoms with Crippen LogP contribution in [0.25, 0.3) is 22.4 Å². The second-order valence-corrected chi connectivity index (χ2v) is 14.0. The lowest BCUT2D eigenvalue weighted by Gasteiger charge is -2.32. The first kappa shape index (κ1) is 31.5. The Hall–Kier alpha value is -4.12. The summed E-state index contributed by atoms with van der Waals surface area (Å²) in [4.78, 5) is 13.3. The van der Waals surface area contributed by atoms with E-state index in [-0.39, 0.29) is 10.3 Å². The minimum atomic E-state index is -0.976. The van der Waals surface area contributed by atoms with Crippen molar-refractivity contribution in [2.75, 3.05) is 20.2 Å². The monoisotopic (exact) mass is 672 g/mol. The molecule has 1 N–H and O–H groups in total. The number of carbonyl (C=O) groups is 1. The van der Waals surface area contributed by atoms with E-state index in [1.165, 1.54) is 23.5 Å². The standard InChI is InChI=1S/C36H35ClFN5O3S/c1-3-39-42-15-5-4-7-25(42)20-29-30(37)13-12-28-27-8-6-16-46-31-18-22(17-23-19-24(38)10-11-26(23)31)9-14-32-40-41-33(47-32)21-43(2,34(28)29)35(27)36(44)45/h3,10-13,17-20H,4-9,14-16,21H2,1-2H3/p+1/b25-20+,39-3+. The summed E-state index contributed by atoms with van der Waals surface area (Å²) in [6.45, 7) is 3.41. The molecular weight excluding hydrogens is 637 g/mol. The molecule has 1 unspecified atom stereocenters. The molecule has 3 aromatic carbocycles. The van der Waals surface area contributed by atoms with Gasteiger partial charge in [0.2, 0.25) is 5.70 Å². The number of hydrazone groups is 1. The Bertz CT molecular complexity index is 1990. The highest BCUT2D eigenvalue weighted by Gasteiger charge is 2.49. The van der Waals surface area contributed by atoms with Gasteiger partial charge < -0.3 is 9.84 Å². The van der Waals surface area contributed by atoms with Gasteiger partial charge in [-0.05, 0) is 98.9 Å². The number of allylic oxidation sites excluding steroid dienone is 2. The number of halogens is 2. The molecule has 3 aliphatic rings. The number of piperidine rings is 1. The van der Waals surface area contributed by atoms with Crippen LogP contribution in [0.3, 0.4) is 0 Å². The van der Waals surface area contributed by atoms with Crippen LogP contribution in [0.4, 0.5) is 10.1 Å². The highest BCUT2D eigenvalue weighted by molar-refractivity contribution is 7.11. The van der Waals surface area contributed by atoms with Gasteiger partial charge in [0.05, 0.1) is 24.2 Å². The van der Waals surface area contributed by atoms with Gasteiger partial charge >= 0.3 is 5.97 Å². The Morgan fingerprint density at radius 3 is 2.77 bits per heavy atom. The number of benzene rings is 3. The Kier molecular flexibility index (Phi) is 8.59. The van der Waals surface area contributed by atoms with Crippen molar-refractivity contribution in [3.63, 3.8) is 0 Å². The molecule has 7 rings (SSSR count). The first-order valence-electron chi connectivity index (χ1n) is 16.0. The summed E-state index contributed by atoms with van der Waals surface area (Å²) in [5.41, 5.74) is 5.69. The molecule has 1 atom stereocenters. The quantitative estimate of drug-likeness (QED) is 0.174. The van der Waals surface area contributed by atoms with E-state index in [2.05, 4.69) is 21.4 Å². The number of hydrogen-bond donors (Lipinski definition) is 1. The summed E-state index contributed by atoms with van der Waals surface area (Å²) >= 11 is 8.50. The molecule has 0 spiro atoms. The van der Waals surface area contributed by atoms with Crippen LogP contribution in [0.1, 0.15) is 65.7 Å². The minimum Gasteiger partial charge on any atom is -0.493 e. The Morgan fingerprint density at radius 2 is 1.94 bits per heavy atom. The average Bonchev–Trinajstić information content (AvgIpc) is 3.58. The largest absolute Gasteiger partial charge is 0.493 e.